The third-order valence-corrected chi connectivity index (χ3v) is 3.46. The predicted molar refractivity (Wildman–Crippen MR) is 81.5 cm³/mol. The van der Waals surface area contributed by atoms with Crippen molar-refractivity contribution in [1.29, 1.82) is 0 Å². The maximum Gasteiger partial charge on any atom is 0.410 e. The molecule has 21 heavy (non-hydrogen) atoms. The Balaban J connectivity index is 2.30. The number of carbonyl (C=O) groups is 1. The fourth-order valence-corrected chi connectivity index (χ4v) is 2.15. The summed E-state index contributed by atoms with van der Waals surface area (Å²) in [7, 11) is 3.38. The summed E-state index contributed by atoms with van der Waals surface area (Å²) >= 11 is 0. The number of carbonyl (C=O) groups excluding carboxylic acids is 1. The zero-order valence-corrected chi connectivity index (χ0v) is 14.0. The number of methoxy groups -OCH3 is 2. The lowest BCUT2D eigenvalue weighted by Gasteiger charge is -2.35. The van der Waals surface area contributed by atoms with Crippen LogP contribution in [0.3, 0.4) is 0 Å². The molecule has 1 aliphatic carbocycles. The first-order valence-corrected chi connectivity index (χ1v) is 7.58. The van der Waals surface area contributed by atoms with Gasteiger partial charge in [0.15, 0.2) is 0 Å². The highest BCUT2D eigenvalue weighted by Gasteiger charge is 2.28. The van der Waals surface area contributed by atoms with Crippen molar-refractivity contribution in [1.82, 2.24) is 10.2 Å². The molecule has 1 fully saturated rings. The minimum atomic E-state index is -0.477. The molecular weight excluding hydrogens is 272 g/mol. The van der Waals surface area contributed by atoms with Crippen LogP contribution in [0.1, 0.15) is 33.6 Å². The zero-order chi connectivity index (χ0) is 15.9. The summed E-state index contributed by atoms with van der Waals surface area (Å²) in [6.45, 7) is 8.04. The summed E-state index contributed by atoms with van der Waals surface area (Å²) in [5.74, 6) is 0. The van der Waals surface area contributed by atoms with E-state index in [-0.39, 0.29) is 6.09 Å². The van der Waals surface area contributed by atoms with Crippen molar-refractivity contribution >= 4 is 6.09 Å². The van der Waals surface area contributed by atoms with Gasteiger partial charge in [-0.15, -0.1) is 0 Å². The Morgan fingerprint density at radius 1 is 1.24 bits per heavy atom. The van der Waals surface area contributed by atoms with Gasteiger partial charge >= 0.3 is 6.09 Å². The van der Waals surface area contributed by atoms with Crippen LogP contribution < -0.4 is 5.32 Å². The van der Waals surface area contributed by atoms with Gasteiger partial charge in [0.05, 0.1) is 12.7 Å². The second-order valence-corrected chi connectivity index (χ2v) is 6.44. The Bertz CT molecular complexity index is 311. The van der Waals surface area contributed by atoms with E-state index in [0.29, 0.717) is 31.8 Å². The average Bonchev–Trinajstić information content (AvgIpc) is 2.33. The van der Waals surface area contributed by atoms with Crippen molar-refractivity contribution in [3.63, 3.8) is 0 Å². The normalized spacial score (nSPS) is 21.8. The van der Waals surface area contributed by atoms with E-state index >= 15 is 0 Å². The second-order valence-electron chi connectivity index (χ2n) is 6.44. The molecule has 0 atom stereocenters. The topological polar surface area (TPSA) is 60.0 Å². The zero-order valence-electron chi connectivity index (χ0n) is 14.0. The number of ether oxygens (including phenoxy) is 3. The molecule has 1 saturated carbocycles. The van der Waals surface area contributed by atoms with E-state index in [0.717, 1.165) is 19.4 Å². The Labute approximate surface area is 128 Å². The fraction of sp³-hybridized carbons (Fsp3) is 0.933. The second kappa shape index (κ2) is 8.56. The summed E-state index contributed by atoms with van der Waals surface area (Å²) < 4.78 is 15.7. The van der Waals surface area contributed by atoms with Gasteiger partial charge < -0.3 is 24.4 Å². The van der Waals surface area contributed by atoms with Gasteiger partial charge in [0, 0.05) is 39.9 Å². The van der Waals surface area contributed by atoms with Crippen LogP contribution in [-0.4, -0.2) is 69.2 Å². The number of hydrogen-bond acceptors (Lipinski definition) is 5. The predicted octanol–water partition coefficient (Wildman–Crippen LogP) is 1.64. The molecule has 0 aliphatic heterocycles. The van der Waals surface area contributed by atoms with Crippen LogP contribution in [0, 0.1) is 0 Å². The molecule has 1 rings (SSSR count). The quantitative estimate of drug-likeness (QED) is 0.738. The molecule has 6 heteroatoms. The van der Waals surface area contributed by atoms with Crippen LogP contribution in [-0.2, 0) is 14.2 Å². The van der Waals surface area contributed by atoms with E-state index in [1.165, 1.54) is 0 Å². The molecule has 0 spiro atoms. The Morgan fingerprint density at radius 3 is 2.43 bits per heavy atom. The van der Waals surface area contributed by atoms with E-state index in [1.54, 1.807) is 19.1 Å². The number of hydrogen-bond donors (Lipinski definition) is 1. The first-order valence-electron chi connectivity index (χ1n) is 7.58. The standard InChI is InChI=1S/C15H30N2O4/c1-15(2,3)21-14(18)17(8-9-19-4)7-6-16-12-10-13(11-12)20-5/h12-13,16H,6-11H2,1-5H3. The third kappa shape index (κ3) is 7.11. The molecule has 0 saturated heterocycles. The fourth-order valence-electron chi connectivity index (χ4n) is 2.15. The highest BCUT2D eigenvalue weighted by Crippen LogP contribution is 2.22. The van der Waals surface area contributed by atoms with Gasteiger partial charge in [-0.25, -0.2) is 4.79 Å². The molecule has 6 nitrogen and oxygen atoms in total. The van der Waals surface area contributed by atoms with Gasteiger partial charge in [-0.2, -0.15) is 0 Å². The van der Waals surface area contributed by atoms with E-state index < -0.39 is 5.60 Å². The molecule has 0 aromatic carbocycles. The number of nitrogens with zero attached hydrogens (tertiary/aromatic N) is 1. The van der Waals surface area contributed by atoms with Crippen LogP contribution in [0.15, 0.2) is 0 Å². The maximum absolute atomic E-state index is 12.1. The molecule has 0 bridgehead atoms. The van der Waals surface area contributed by atoms with E-state index in [9.17, 15) is 4.79 Å². The van der Waals surface area contributed by atoms with Crippen LogP contribution in [0.25, 0.3) is 0 Å². The van der Waals surface area contributed by atoms with Gasteiger partial charge in [0.25, 0.3) is 0 Å². The summed E-state index contributed by atoms with van der Waals surface area (Å²) in [6.07, 6.45) is 2.19. The minimum absolute atomic E-state index is 0.287. The van der Waals surface area contributed by atoms with Gasteiger partial charge in [-0.1, -0.05) is 0 Å². The van der Waals surface area contributed by atoms with Crippen LogP contribution in [0.5, 0.6) is 0 Å². The lowest BCUT2D eigenvalue weighted by atomic mass is 9.89. The van der Waals surface area contributed by atoms with Gasteiger partial charge in [-0.3, -0.25) is 0 Å². The summed E-state index contributed by atoms with van der Waals surface area (Å²) in [5, 5.41) is 3.44. The molecule has 124 valence electrons. The van der Waals surface area contributed by atoms with Crippen LogP contribution in [0.2, 0.25) is 0 Å². The number of amides is 1. The number of rotatable bonds is 8. The molecule has 0 heterocycles. The first-order chi connectivity index (χ1) is 9.85. The summed E-state index contributed by atoms with van der Waals surface area (Å²) in [6, 6.07) is 0.498. The van der Waals surface area contributed by atoms with Gasteiger partial charge in [0.2, 0.25) is 0 Å². The van der Waals surface area contributed by atoms with Crippen molar-refractivity contribution in [3.8, 4) is 0 Å². The Hall–Kier alpha value is -0.850. The van der Waals surface area contributed by atoms with Gasteiger partial charge in [0.1, 0.15) is 5.60 Å². The van der Waals surface area contributed by atoms with E-state index in [1.807, 2.05) is 20.8 Å². The molecule has 0 aromatic rings. The van der Waals surface area contributed by atoms with Crippen molar-refractivity contribution in [2.45, 2.75) is 51.4 Å². The van der Waals surface area contributed by atoms with Crippen LogP contribution >= 0.6 is 0 Å². The van der Waals surface area contributed by atoms with Gasteiger partial charge in [-0.05, 0) is 33.6 Å². The SMILES string of the molecule is COCCN(CCNC1CC(OC)C1)C(=O)OC(C)(C)C. The Kier molecular flexibility index (Phi) is 7.42. The molecule has 0 radical (unpaired) electrons. The van der Waals surface area contributed by atoms with E-state index in [2.05, 4.69) is 5.32 Å². The molecular formula is C15H30N2O4. The molecule has 1 amide bonds. The molecule has 1 N–H and O–H groups in total. The van der Waals surface area contributed by atoms with Crippen molar-refractivity contribution < 1.29 is 19.0 Å². The largest absolute Gasteiger partial charge is 0.444 e. The summed E-state index contributed by atoms with van der Waals surface area (Å²) in [4.78, 5) is 13.8. The van der Waals surface area contributed by atoms with Crippen molar-refractivity contribution in [3.05, 3.63) is 0 Å². The van der Waals surface area contributed by atoms with E-state index in [4.69, 9.17) is 14.2 Å². The average molecular weight is 302 g/mol. The highest BCUT2D eigenvalue weighted by atomic mass is 16.6. The number of nitrogens with one attached hydrogen (secondary N) is 1. The Morgan fingerprint density at radius 2 is 1.90 bits per heavy atom. The smallest absolute Gasteiger partial charge is 0.410 e. The maximum atomic E-state index is 12.1. The third-order valence-electron chi connectivity index (χ3n) is 3.46. The summed E-state index contributed by atoms with van der Waals surface area (Å²) in [5.41, 5.74) is -0.477. The first kappa shape index (κ1) is 18.2. The highest BCUT2D eigenvalue weighted by molar-refractivity contribution is 5.68. The minimum Gasteiger partial charge on any atom is -0.444 e. The molecule has 1 aliphatic rings. The van der Waals surface area contributed by atoms with Crippen LogP contribution in [0.4, 0.5) is 4.79 Å². The van der Waals surface area contributed by atoms with Crippen molar-refractivity contribution in [2.24, 2.45) is 0 Å². The monoisotopic (exact) mass is 302 g/mol. The lowest BCUT2D eigenvalue weighted by molar-refractivity contribution is 0.0117. The molecule has 0 aromatic heterocycles. The van der Waals surface area contributed by atoms with Crippen molar-refractivity contribution in [2.75, 3.05) is 40.5 Å². The lowest BCUT2D eigenvalue weighted by Crippen LogP contribution is -2.48. The molecule has 0 unspecified atom stereocenters.